The van der Waals surface area contributed by atoms with E-state index in [2.05, 4.69) is 5.32 Å². The Morgan fingerprint density at radius 2 is 2.00 bits per heavy atom. The van der Waals surface area contributed by atoms with Crippen molar-refractivity contribution in [3.8, 4) is 0 Å². The van der Waals surface area contributed by atoms with Crippen LogP contribution in [0.5, 0.6) is 0 Å². The number of halogens is 1. The summed E-state index contributed by atoms with van der Waals surface area (Å²) in [5, 5.41) is 3.20. The molecule has 0 aliphatic heterocycles. The van der Waals surface area contributed by atoms with E-state index in [9.17, 15) is 9.18 Å². The predicted molar refractivity (Wildman–Crippen MR) is 81.7 cm³/mol. The number of nitrogens with zero attached hydrogens (tertiary/aromatic N) is 1. The minimum Gasteiger partial charge on any atom is -0.444 e. The highest BCUT2D eigenvalue weighted by atomic mass is 19.1. The van der Waals surface area contributed by atoms with Crippen molar-refractivity contribution in [3.63, 3.8) is 0 Å². The van der Waals surface area contributed by atoms with Crippen LogP contribution in [0.4, 0.5) is 9.18 Å². The Balaban J connectivity index is 2.40. The van der Waals surface area contributed by atoms with Gasteiger partial charge < -0.3 is 15.0 Å². The molecular formula is C16H25FN2O2. The highest BCUT2D eigenvalue weighted by Gasteiger charge is 2.19. The Morgan fingerprint density at radius 3 is 2.57 bits per heavy atom. The molecule has 1 aromatic rings. The second-order valence-corrected chi connectivity index (χ2v) is 6.10. The molecule has 5 heteroatoms. The number of benzene rings is 1. The molecule has 0 saturated heterocycles. The zero-order valence-electron chi connectivity index (χ0n) is 13.4. The quantitative estimate of drug-likeness (QED) is 0.906. The lowest BCUT2D eigenvalue weighted by molar-refractivity contribution is 0.0299. The summed E-state index contributed by atoms with van der Waals surface area (Å²) in [4.78, 5) is 13.3. The Kier molecular flexibility index (Phi) is 6.15. The lowest BCUT2D eigenvalue weighted by Gasteiger charge is -2.25. The van der Waals surface area contributed by atoms with Gasteiger partial charge >= 0.3 is 6.09 Å². The van der Waals surface area contributed by atoms with E-state index in [-0.39, 0.29) is 18.0 Å². The zero-order chi connectivity index (χ0) is 16.0. The first-order valence-corrected chi connectivity index (χ1v) is 7.12. The van der Waals surface area contributed by atoms with Gasteiger partial charge in [-0.1, -0.05) is 18.2 Å². The van der Waals surface area contributed by atoms with Crippen molar-refractivity contribution in [3.05, 3.63) is 35.6 Å². The fourth-order valence-electron chi connectivity index (χ4n) is 1.82. The fraction of sp³-hybridized carbons (Fsp3) is 0.562. The molecule has 21 heavy (non-hydrogen) atoms. The van der Waals surface area contributed by atoms with Gasteiger partial charge in [0.25, 0.3) is 0 Å². The van der Waals surface area contributed by atoms with Crippen LogP contribution in [0, 0.1) is 5.82 Å². The van der Waals surface area contributed by atoms with Gasteiger partial charge in [-0.15, -0.1) is 0 Å². The van der Waals surface area contributed by atoms with Gasteiger partial charge in [0.15, 0.2) is 0 Å². The van der Waals surface area contributed by atoms with Crippen molar-refractivity contribution < 1.29 is 13.9 Å². The van der Waals surface area contributed by atoms with Crippen molar-refractivity contribution in [2.24, 2.45) is 0 Å². The van der Waals surface area contributed by atoms with Crippen molar-refractivity contribution in [1.82, 2.24) is 10.2 Å². The molecule has 0 radical (unpaired) electrons. The van der Waals surface area contributed by atoms with Gasteiger partial charge in [0, 0.05) is 31.7 Å². The maximum Gasteiger partial charge on any atom is 0.410 e. The number of amides is 1. The van der Waals surface area contributed by atoms with Crippen LogP contribution < -0.4 is 5.32 Å². The summed E-state index contributed by atoms with van der Waals surface area (Å²) in [6.07, 6.45) is -0.358. The van der Waals surface area contributed by atoms with Gasteiger partial charge in [0.2, 0.25) is 0 Å². The third kappa shape index (κ3) is 6.12. The predicted octanol–water partition coefficient (Wildman–Crippen LogP) is 3.34. The topological polar surface area (TPSA) is 41.6 Å². The summed E-state index contributed by atoms with van der Waals surface area (Å²) in [5.74, 6) is -0.224. The molecule has 1 unspecified atom stereocenters. The summed E-state index contributed by atoms with van der Waals surface area (Å²) in [7, 11) is 1.68. The number of rotatable bonds is 5. The first-order chi connectivity index (χ1) is 9.70. The Labute approximate surface area is 126 Å². The molecule has 118 valence electrons. The third-order valence-electron chi connectivity index (χ3n) is 2.97. The first kappa shape index (κ1) is 17.4. The molecular weight excluding hydrogens is 271 g/mol. The maximum absolute atomic E-state index is 13.6. The number of nitrogens with one attached hydrogen (secondary N) is 1. The fourth-order valence-corrected chi connectivity index (χ4v) is 1.82. The normalized spacial score (nSPS) is 12.9. The van der Waals surface area contributed by atoms with Crippen LogP contribution in [0.1, 0.15) is 39.3 Å². The lowest BCUT2D eigenvalue weighted by atomic mass is 10.1. The largest absolute Gasteiger partial charge is 0.444 e. The van der Waals surface area contributed by atoms with Crippen molar-refractivity contribution in [1.29, 1.82) is 0 Å². The van der Waals surface area contributed by atoms with Crippen LogP contribution in [0.15, 0.2) is 24.3 Å². The average Bonchev–Trinajstić information content (AvgIpc) is 2.36. The van der Waals surface area contributed by atoms with Gasteiger partial charge in [-0.05, 0) is 33.8 Å². The lowest BCUT2D eigenvalue weighted by Crippen LogP contribution is -2.38. The van der Waals surface area contributed by atoms with Gasteiger partial charge in [-0.3, -0.25) is 0 Å². The number of hydrogen-bond acceptors (Lipinski definition) is 3. The van der Waals surface area contributed by atoms with Crippen LogP contribution in [-0.2, 0) is 4.74 Å². The van der Waals surface area contributed by atoms with E-state index in [1.807, 2.05) is 33.8 Å². The Hall–Kier alpha value is -1.62. The highest BCUT2D eigenvalue weighted by Crippen LogP contribution is 2.15. The summed E-state index contributed by atoms with van der Waals surface area (Å²) >= 11 is 0. The average molecular weight is 296 g/mol. The molecule has 1 rings (SSSR count). The van der Waals surface area contributed by atoms with Gasteiger partial charge in [-0.2, -0.15) is 0 Å². The van der Waals surface area contributed by atoms with Crippen LogP contribution >= 0.6 is 0 Å². The molecule has 0 aliphatic rings. The van der Waals surface area contributed by atoms with E-state index in [1.165, 1.54) is 11.0 Å². The molecule has 1 aromatic carbocycles. The van der Waals surface area contributed by atoms with Gasteiger partial charge in [-0.25, -0.2) is 9.18 Å². The first-order valence-electron chi connectivity index (χ1n) is 7.12. The molecule has 0 fully saturated rings. The van der Waals surface area contributed by atoms with E-state index in [0.29, 0.717) is 18.7 Å². The molecule has 0 aliphatic carbocycles. The molecule has 0 saturated carbocycles. The number of hydrogen-bond donors (Lipinski definition) is 1. The summed E-state index contributed by atoms with van der Waals surface area (Å²) < 4.78 is 18.9. The second-order valence-electron chi connectivity index (χ2n) is 6.10. The summed E-state index contributed by atoms with van der Waals surface area (Å²) in [6.45, 7) is 8.44. The van der Waals surface area contributed by atoms with Gasteiger partial charge in [0.05, 0.1) is 0 Å². The van der Waals surface area contributed by atoms with Crippen LogP contribution in [0.2, 0.25) is 0 Å². The Morgan fingerprint density at radius 1 is 1.38 bits per heavy atom. The van der Waals surface area contributed by atoms with Crippen LogP contribution in [0.25, 0.3) is 0 Å². The molecule has 4 nitrogen and oxygen atoms in total. The van der Waals surface area contributed by atoms with Crippen LogP contribution in [0.3, 0.4) is 0 Å². The molecule has 0 spiro atoms. The van der Waals surface area contributed by atoms with Crippen molar-refractivity contribution in [2.75, 3.05) is 20.1 Å². The highest BCUT2D eigenvalue weighted by molar-refractivity contribution is 5.67. The summed E-state index contributed by atoms with van der Waals surface area (Å²) in [5.41, 5.74) is 0.122. The third-order valence-corrected chi connectivity index (χ3v) is 2.97. The second kappa shape index (κ2) is 7.41. The standard InChI is InChI=1S/C16H25FN2O2/c1-12(13-8-6-7-9-14(13)17)18-10-11-19(5)15(20)21-16(2,3)4/h6-9,12,18H,10-11H2,1-5H3. The number of carbonyl (C=O) groups excluding carboxylic acids is 1. The number of likely N-dealkylation sites (N-methyl/N-ethyl adjacent to an activating group) is 1. The SMILES string of the molecule is CC(NCCN(C)C(=O)OC(C)(C)C)c1ccccc1F. The molecule has 1 amide bonds. The number of ether oxygens (including phenoxy) is 1. The van der Waals surface area contributed by atoms with E-state index in [4.69, 9.17) is 4.74 Å². The van der Waals surface area contributed by atoms with Crippen molar-refractivity contribution in [2.45, 2.75) is 39.3 Å². The smallest absolute Gasteiger partial charge is 0.410 e. The Bertz CT molecular complexity index is 472. The van der Waals surface area contributed by atoms with Gasteiger partial charge in [0.1, 0.15) is 11.4 Å². The summed E-state index contributed by atoms with van der Waals surface area (Å²) in [6, 6.07) is 6.56. The molecule has 1 N–H and O–H groups in total. The van der Waals surface area contributed by atoms with Crippen LogP contribution in [-0.4, -0.2) is 36.7 Å². The minimum absolute atomic E-state index is 0.113. The van der Waals surface area contributed by atoms with E-state index >= 15 is 0 Å². The van der Waals surface area contributed by atoms with Crippen molar-refractivity contribution >= 4 is 6.09 Å². The van der Waals surface area contributed by atoms with E-state index in [0.717, 1.165) is 0 Å². The number of carbonyl (C=O) groups is 1. The maximum atomic E-state index is 13.6. The van der Waals surface area contributed by atoms with E-state index in [1.54, 1.807) is 19.2 Å². The zero-order valence-corrected chi connectivity index (χ0v) is 13.4. The minimum atomic E-state index is -0.501. The van der Waals surface area contributed by atoms with E-state index < -0.39 is 5.60 Å². The molecule has 1 atom stereocenters. The monoisotopic (exact) mass is 296 g/mol. The molecule has 0 heterocycles. The molecule has 0 bridgehead atoms. The molecule has 0 aromatic heterocycles.